The summed E-state index contributed by atoms with van der Waals surface area (Å²) in [4.78, 5) is 22.2. The number of carbonyl (C=O) groups is 1. The van der Waals surface area contributed by atoms with Gasteiger partial charge in [0.15, 0.2) is 0 Å². The van der Waals surface area contributed by atoms with Crippen LogP contribution in [0.1, 0.15) is 31.1 Å². The first-order chi connectivity index (χ1) is 8.73. The molecule has 1 atom stereocenters. The zero-order valence-corrected chi connectivity index (χ0v) is 11.7. The van der Waals surface area contributed by atoms with E-state index in [0.717, 1.165) is 12.1 Å². The predicted molar refractivity (Wildman–Crippen MR) is 74.3 cm³/mol. The molecule has 1 aromatic rings. The van der Waals surface area contributed by atoms with Crippen molar-refractivity contribution in [1.82, 2.24) is 5.32 Å². The Hall–Kier alpha value is -1.82. The van der Waals surface area contributed by atoms with Gasteiger partial charge in [0.1, 0.15) is 0 Å². The Morgan fingerprint density at radius 3 is 2.47 bits per heavy atom. The lowest BCUT2D eigenvalue weighted by Gasteiger charge is -2.18. The highest BCUT2D eigenvalue weighted by Gasteiger charge is 2.20. The molecule has 0 saturated carbocycles. The van der Waals surface area contributed by atoms with Gasteiger partial charge in [-0.3, -0.25) is 14.9 Å². The van der Waals surface area contributed by atoms with E-state index in [4.69, 9.17) is 17.3 Å². The maximum absolute atomic E-state index is 12.0. The van der Waals surface area contributed by atoms with Crippen molar-refractivity contribution in [2.45, 2.75) is 26.8 Å². The monoisotopic (exact) mass is 285 g/mol. The van der Waals surface area contributed by atoms with Crippen molar-refractivity contribution in [3.8, 4) is 0 Å². The lowest BCUT2D eigenvalue weighted by atomic mass is 10.1. The molecule has 0 aliphatic heterocycles. The fraction of sp³-hybridized carbons (Fsp3) is 0.417. The number of nitrogens with zero attached hydrogens (tertiary/aromatic N) is 1. The molecule has 1 unspecified atom stereocenters. The summed E-state index contributed by atoms with van der Waals surface area (Å²) >= 11 is 5.80. The quantitative estimate of drug-likeness (QED) is 0.504. The smallest absolute Gasteiger partial charge is 0.271 e. The number of anilines is 1. The maximum Gasteiger partial charge on any atom is 0.271 e. The van der Waals surface area contributed by atoms with Crippen LogP contribution in [0.2, 0.25) is 5.02 Å². The number of nitrogen functional groups attached to an aromatic ring is 1. The molecule has 1 aromatic carbocycles. The highest BCUT2D eigenvalue weighted by Crippen LogP contribution is 2.28. The van der Waals surface area contributed by atoms with E-state index in [2.05, 4.69) is 5.32 Å². The van der Waals surface area contributed by atoms with Crippen LogP contribution < -0.4 is 11.1 Å². The van der Waals surface area contributed by atoms with E-state index in [9.17, 15) is 14.9 Å². The fourth-order valence-corrected chi connectivity index (χ4v) is 1.56. The molecule has 104 valence electrons. The van der Waals surface area contributed by atoms with Gasteiger partial charge in [-0.25, -0.2) is 0 Å². The number of nitrogens with two attached hydrogens (primary N) is 1. The van der Waals surface area contributed by atoms with E-state index < -0.39 is 10.8 Å². The molecular formula is C12H16ClN3O3. The van der Waals surface area contributed by atoms with Gasteiger partial charge in [-0.1, -0.05) is 25.4 Å². The van der Waals surface area contributed by atoms with Gasteiger partial charge in [0.05, 0.1) is 21.2 Å². The van der Waals surface area contributed by atoms with Crippen LogP contribution in [0, 0.1) is 16.0 Å². The number of nitro benzene ring substituents is 1. The van der Waals surface area contributed by atoms with Crippen LogP contribution in [0.4, 0.5) is 11.4 Å². The molecule has 0 aliphatic rings. The molecule has 0 fully saturated rings. The minimum Gasteiger partial charge on any atom is -0.397 e. The van der Waals surface area contributed by atoms with Gasteiger partial charge in [0.2, 0.25) is 0 Å². The van der Waals surface area contributed by atoms with E-state index >= 15 is 0 Å². The Kier molecular flexibility index (Phi) is 4.72. The SMILES string of the molecule is CC(C)C(C)NC(=O)c1cc([N+](=O)[O-])cc(Cl)c1N. The first-order valence-electron chi connectivity index (χ1n) is 5.78. The highest BCUT2D eigenvalue weighted by atomic mass is 35.5. The van der Waals surface area contributed by atoms with E-state index in [-0.39, 0.29) is 33.9 Å². The summed E-state index contributed by atoms with van der Waals surface area (Å²) in [5, 5.41) is 13.5. The molecular weight excluding hydrogens is 270 g/mol. The number of nitrogens with one attached hydrogen (secondary N) is 1. The number of amides is 1. The van der Waals surface area contributed by atoms with Crippen molar-refractivity contribution in [2.24, 2.45) is 5.92 Å². The van der Waals surface area contributed by atoms with Gasteiger partial charge in [0.25, 0.3) is 11.6 Å². The Labute approximate surface area is 116 Å². The molecule has 0 radical (unpaired) electrons. The Morgan fingerprint density at radius 2 is 2.00 bits per heavy atom. The molecule has 6 nitrogen and oxygen atoms in total. The van der Waals surface area contributed by atoms with Crippen molar-refractivity contribution in [1.29, 1.82) is 0 Å². The summed E-state index contributed by atoms with van der Waals surface area (Å²) < 4.78 is 0. The zero-order valence-electron chi connectivity index (χ0n) is 10.9. The van der Waals surface area contributed by atoms with E-state index in [1.54, 1.807) is 0 Å². The molecule has 1 amide bonds. The van der Waals surface area contributed by atoms with Crippen molar-refractivity contribution in [3.63, 3.8) is 0 Å². The number of rotatable bonds is 4. The van der Waals surface area contributed by atoms with Gasteiger partial charge in [-0.05, 0) is 12.8 Å². The number of hydrogen-bond donors (Lipinski definition) is 2. The van der Waals surface area contributed by atoms with Gasteiger partial charge < -0.3 is 11.1 Å². The van der Waals surface area contributed by atoms with E-state index in [1.807, 2.05) is 20.8 Å². The van der Waals surface area contributed by atoms with Crippen LogP contribution in [0.5, 0.6) is 0 Å². The summed E-state index contributed by atoms with van der Waals surface area (Å²) in [6.07, 6.45) is 0. The Bertz CT molecular complexity index is 517. The first kappa shape index (κ1) is 15.2. The number of carbonyl (C=O) groups excluding carboxylic acids is 1. The van der Waals surface area contributed by atoms with Crippen LogP contribution in [-0.4, -0.2) is 16.9 Å². The first-order valence-corrected chi connectivity index (χ1v) is 6.16. The maximum atomic E-state index is 12.0. The number of hydrogen-bond acceptors (Lipinski definition) is 4. The second-order valence-electron chi connectivity index (χ2n) is 4.65. The van der Waals surface area contributed by atoms with Crippen LogP contribution in [0.25, 0.3) is 0 Å². The molecule has 0 aromatic heterocycles. The molecule has 3 N–H and O–H groups in total. The standard InChI is InChI=1S/C12H16ClN3O3/c1-6(2)7(3)15-12(17)9-4-8(16(18)19)5-10(13)11(9)14/h4-7H,14H2,1-3H3,(H,15,17). The molecule has 0 bridgehead atoms. The normalized spacial score (nSPS) is 12.3. The van der Waals surface area contributed by atoms with Gasteiger partial charge in [-0.2, -0.15) is 0 Å². The second-order valence-corrected chi connectivity index (χ2v) is 5.06. The lowest BCUT2D eigenvalue weighted by Crippen LogP contribution is -2.36. The third-order valence-electron chi connectivity index (χ3n) is 2.93. The van der Waals surface area contributed by atoms with Crippen molar-refractivity contribution in [3.05, 3.63) is 32.8 Å². The molecule has 7 heteroatoms. The molecule has 0 aliphatic carbocycles. The summed E-state index contributed by atoms with van der Waals surface area (Å²) in [5.41, 5.74) is 5.49. The number of non-ortho nitro benzene ring substituents is 1. The predicted octanol–water partition coefficient (Wildman–Crippen LogP) is 2.60. The average molecular weight is 286 g/mol. The molecule has 0 heterocycles. The molecule has 19 heavy (non-hydrogen) atoms. The molecule has 1 rings (SSSR count). The zero-order chi connectivity index (χ0) is 14.7. The summed E-state index contributed by atoms with van der Waals surface area (Å²) in [5.74, 6) is -0.233. The van der Waals surface area contributed by atoms with Crippen molar-refractivity contribution >= 4 is 28.9 Å². The second kappa shape index (κ2) is 5.88. The van der Waals surface area contributed by atoms with Crippen LogP contribution in [0.3, 0.4) is 0 Å². The fourth-order valence-electron chi connectivity index (χ4n) is 1.35. The van der Waals surface area contributed by atoms with E-state index in [1.165, 1.54) is 0 Å². The number of nitro groups is 1. The third-order valence-corrected chi connectivity index (χ3v) is 3.24. The van der Waals surface area contributed by atoms with E-state index in [0.29, 0.717) is 0 Å². The Balaban J connectivity index is 3.12. The van der Waals surface area contributed by atoms with Gasteiger partial charge in [0, 0.05) is 18.2 Å². The summed E-state index contributed by atoms with van der Waals surface area (Å²) in [7, 11) is 0. The van der Waals surface area contributed by atoms with Crippen molar-refractivity contribution in [2.75, 3.05) is 5.73 Å². The molecule has 0 spiro atoms. The van der Waals surface area contributed by atoms with Crippen LogP contribution in [-0.2, 0) is 0 Å². The van der Waals surface area contributed by atoms with Crippen LogP contribution >= 0.6 is 11.6 Å². The summed E-state index contributed by atoms with van der Waals surface area (Å²) in [6.45, 7) is 5.75. The molecule has 0 saturated heterocycles. The average Bonchev–Trinajstić information content (AvgIpc) is 2.31. The van der Waals surface area contributed by atoms with Gasteiger partial charge in [-0.15, -0.1) is 0 Å². The minimum absolute atomic E-state index is 0.00319. The number of halogens is 1. The minimum atomic E-state index is -0.617. The van der Waals surface area contributed by atoms with Crippen LogP contribution in [0.15, 0.2) is 12.1 Å². The topological polar surface area (TPSA) is 98.3 Å². The highest BCUT2D eigenvalue weighted by molar-refractivity contribution is 6.34. The lowest BCUT2D eigenvalue weighted by molar-refractivity contribution is -0.384. The van der Waals surface area contributed by atoms with Crippen molar-refractivity contribution < 1.29 is 9.72 Å². The largest absolute Gasteiger partial charge is 0.397 e. The summed E-state index contributed by atoms with van der Waals surface area (Å²) in [6, 6.07) is 2.17. The third kappa shape index (κ3) is 3.57. The van der Waals surface area contributed by atoms with Gasteiger partial charge >= 0.3 is 0 Å². The number of benzene rings is 1. The Morgan fingerprint density at radius 1 is 1.42 bits per heavy atom.